The van der Waals surface area contributed by atoms with Gasteiger partial charge in [-0.05, 0) is 37.7 Å². The Labute approximate surface area is 125 Å². The summed E-state index contributed by atoms with van der Waals surface area (Å²) in [7, 11) is 0. The molecule has 0 saturated heterocycles. The van der Waals surface area contributed by atoms with Gasteiger partial charge in [0.05, 0.1) is 10.6 Å². The Balaban J connectivity index is 2.04. The number of hydrogen-bond donors (Lipinski definition) is 2. The molecule has 1 aliphatic carbocycles. The Morgan fingerprint density at radius 2 is 2.20 bits per heavy atom. The lowest BCUT2D eigenvalue weighted by molar-refractivity contribution is 0.0927. The molecule has 110 valence electrons. The summed E-state index contributed by atoms with van der Waals surface area (Å²) in [6.45, 7) is 7.15. The van der Waals surface area contributed by atoms with Gasteiger partial charge in [0.15, 0.2) is 0 Å². The molecule has 1 fully saturated rings. The first-order valence-electron chi connectivity index (χ1n) is 7.23. The Bertz CT molecular complexity index is 492. The van der Waals surface area contributed by atoms with E-state index in [1.807, 2.05) is 6.92 Å². The quantitative estimate of drug-likeness (QED) is 0.896. The summed E-state index contributed by atoms with van der Waals surface area (Å²) < 4.78 is 0. The van der Waals surface area contributed by atoms with Crippen LogP contribution in [-0.4, -0.2) is 23.5 Å². The zero-order valence-corrected chi connectivity index (χ0v) is 13.0. The Hall–Kier alpha value is -1.29. The third-order valence-corrected chi connectivity index (χ3v) is 4.52. The maximum absolute atomic E-state index is 12.2. The minimum atomic E-state index is -0.0894. The minimum absolute atomic E-state index is 0.0894. The third-order valence-electron chi connectivity index (χ3n) is 4.23. The molecule has 5 heteroatoms. The van der Waals surface area contributed by atoms with Crippen LogP contribution in [0.5, 0.6) is 0 Å². The van der Waals surface area contributed by atoms with E-state index >= 15 is 0 Å². The van der Waals surface area contributed by atoms with Crippen LogP contribution in [-0.2, 0) is 0 Å². The molecule has 0 bridgehead atoms. The number of amides is 1. The summed E-state index contributed by atoms with van der Waals surface area (Å²) in [6, 6.07) is 1.93. The van der Waals surface area contributed by atoms with Crippen LogP contribution in [0.1, 0.15) is 44.0 Å². The number of nitrogens with zero attached hydrogens (tertiary/aromatic N) is 1. The average molecular weight is 296 g/mol. The highest BCUT2D eigenvalue weighted by Crippen LogP contribution is 2.31. The van der Waals surface area contributed by atoms with Crippen LogP contribution in [0.3, 0.4) is 0 Å². The van der Waals surface area contributed by atoms with Crippen molar-refractivity contribution in [1.82, 2.24) is 10.3 Å². The largest absolute Gasteiger partial charge is 0.369 e. The molecule has 2 N–H and O–H groups in total. The van der Waals surface area contributed by atoms with Crippen LogP contribution in [0.4, 0.5) is 5.82 Å². The van der Waals surface area contributed by atoms with Crippen molar-refractivity contribution in [3.63, 3.8) is 0 Å². The van der Waals surface area contributed by atoms with E-state index in [0.29, 0.717) is 28.2 Å². The number of aromatic nitrogens is 1. The molecule has 1 aromatic heterocycles. The monoisotopic (exact) mass is 295 g/mol. The lowest BCUT2D eigenvalue weighted by Gasteiger charge is -2.19. The predicted molar refractivity (Wildman–Crippen MR) is 82.2 cm³/mol. The molecule has 1 aliphatic rings. The van der Waals surface area contributed by atoms with Gasteiger partial charge < -0.3 is 10.6 Å². The first-order valence-corrected chi connectivity index (χ1v) is 7.61. The fraction of sp³-hybridized carbons (Fsp3) is 0.600. The van der Waals surface area contributed by atoms with Crippen LogP contribution in [0.15, 0.2) is 12.3 Å². The molecule has 4 nitrogen and oxygen atoms in total. The minimum Gasteiger partial charge on any atom is -0.369 e. The molecule has 3 atom stereocenters. The fourth-order valence-electron chi connectivity index (χ4n) is 2.68. The van der Waals surface area contributed by atoms with E-state index in [1.165, 1.54) is 6.42 Å². The standard InChI is InChI=1S/C15H22ClN3O/c1-4-17-14-12(16)7-11(8-18-14)15(20)19-13-6-5-9(2)10(13)3/h7-10,13H,4-6H2,1-3H3,(H,17,18)(H,19,20). The molecule has 2 rings (SSSR count). The van der Waals surface area contributed by atoms with Gasteiger partial charge in [0.2, 0.25) is 0 Å². The van der Waals surface area contributed by atoms with Crippen molar-refractivity contribution in [2.45, 2.75) is 39.7 Å². The van der Waals surface area contributed by atoms with Crippen LogP contribution in [0.25, 0.3) is 0 Å². The SMILES string of the molecule is CCNc1ncc(C(=O)NC2CCC(C)C2C)cc1Cl. The van der Waals surface area contributed by atoms with Crippen molar-refractivity contribution < 1.29 is 4.79 Å². The zero-order chi connectivity index (χ0) is 14.7. The van der Waals surface area contributed by atoms with Crippen LogP contribution in [0.2, 0.25) is 5.02 Å². The molecule has 1 aromatic rings. The van der Waals surface area contributed by atoms with E-state index in [-0.39, 0.29) is 11.9 Å². The summed E-state index contributed by atoms with van der Waals surface area (Å²) in [6.07, 6.45) is 3.79. The average Bonchev–Trinajstić information content (AvgIpc) is 2.73. The number of halogens is 1. The normalized spacial score (nSPS) is 25.5. The van der Waals surface area contributed by atoms with Crippen LogP contribution >= 0.6 is 11.6 Å². The summed E-state index contributed by atoms with van der Waals surface area (Å²) in [4.78, 5) is 16.4. The maximum Gasteiger partial charge on any atom is 0.253 e. The van der Waals surface area contributed by atoms with Crippen molar-refractivity contribution in [3.8, 4) is 0 Å². The van der Waals surface area contributed by atoms with Gasteiger partial charge in [-0.15, -0.1) is 0 Å². The lowest BCUT2D eigenvalue weighted by Crippen LogP contribution is -2.37. The summed E-state index contributed by atoms with van der Waals surface area (Å²) >= 11 is 6.12. The topological polar surface area (TPSA) is 54.0 Å². The van der Waals surface area contributed by atoms with E-state index in [9.17, 15) is 4.79 Å². The fourth-order valence-corrected chi connectivity index (χ4v) is 2.91. The molecule has 20 heavy (non-hydrogen) atoms. The molecule has 1 heterocycles. The second-order valence-corrected chi connectivity index (χ2v) is 5.99. The van der Waals surface area contributed by atoms with Crippen LogP contribution < -0.4 is 10.6 Å². The van der Waals surface area contributed by atoms with E-state index in [0.717, 1.165) is 13.0 Å². The molecule has 3 unspecified atom stereocenters. The number of carbonyl (C=O) groups excluding carboxylic acids is 1. The van der Waals surface area contributed by atoms with Crippen molar-refractivity contribution in [3.05, 3.63) is 22.8 Å². The van der Waals surface area contributed by atoms with Gasteiger partial charge in [0.1, 0.15) is 5.82 Å². The first kappa shape index (κ1) is 15.1. The Morgan fingerprint density at radius 1 is 1.45 bits per heavy atom. The predicted octanol–water partition coefficient (Wildman–Crippen LogP) is 3.33. The highest BCUT2D eigenvalue weighted by molar-refractivity contribution is 6.33. The third kappa shape index (κ3) is 3.23. The second kappa shape index (κ2) is 6.44. The van der Waals surface area contributed by atoms with E-state index < -0.39 is 0 Å². The van der Waals surface area contributed by atoms with E-state index in [2.05, 4.69) is 29.5 Å². The molecule has 0 aromatic carbocycles. The summed E-state index contributed by atoms with van der Waals surface area (Å²) in [5.41, 5.74) is 0.517. The highest BCUT2D eigenvalue weighted by Gasteiger charge is 2.30. The zero-order valence-electron chi connectivity index (χ0n) is 12.2. The molecule has 1 saturated carbocycles. The number of nitrogens with one attached hydrogen (secondary N) is 2. The van der Waals surface area contributed by atoms with Crippen molar-refractivity contribution >= 4 is 23.3 Å². The van der Waals surface area contributed by atoms with Crippen LogP contribution in [0, 0.1) is 11.8 Å². The highest BCUT2D eigenvalue weighted by atomic mass is 35.5. The van der Waals surface area contributed by atoms with Gasteiger partial charge in [-0.3, -0.25) is 4.79 Å². The molecular formula is C15H22ClN3O. The molecule has 1 amide bonds. The number of rotatable bonds is 4. The van der Waals surface area contributed by atoms with Gasteiger partial charge in [-0.1, -0.05) is 25.4 Å². The van der Waals surface area contributed by atoms with Gasteiger partial charge in [-0.25, -0.2) is 4.98 Å². The molecule has 0 aliphatic heterocycles. The lowest BCUT2D eigenvalue weighted by atomic mass is 9.97. The van der Waals surface area contributed by atoms with Crippen molar-refractivity contribution in [2.24, 2.45) is 11.8 Å². The smallest absolute Gasteiger partial charge is 0.253 e. The first-order chi connectivity index (χ1) is 9.52. The Kier molecular flexibility index (Phi) is 4.86. The van der Waals surface area contributed by atoms with Gasteiger partial charge in [0.25, 0.3) is 5.91 Å². The molecule has 0 radical (unpaired) electrons. The number of pyridine rings is 1. The summed E-state index contributed by atoms with van der Waals surface area (Å²) in [5, 5.41) is 6.63. The molecule has 0 spiro atoms. The summed E-state index contributed by atoms with van der Waals surface area (Å²) in [5.74, 6) is 1.71. The number of hydrogen-bond acceptors (Lipinski definition) is 3. The number of anilines is 1. The Morgan fingerprint density at radius 3 is 2.75 bits per heavy atom. The maximum atomic E-state index is 12.2. The van der Waals surface area contributed by atoms with E-state index in [1.54, 1.807) is 12.3 Å². The van der Waals surface area contributed by atoms with Crippen molar-refractivity contribution in [2.75, 3.05) is 11.9 Å². The molecular weight excluding hydrogens is 274 g/mol. The van der Waals surface area contributed by atoms with E-state index in [4.69, 9.17) is 11.6 Å². The van der Waals surface area contributed by atoms with Gasteiger partial charge in [0, 0.05) is 18.8 Å². The second-order valence-electron chi connectivity index (χ2n) is 5.58. The van der Waals surface area contributed by atoms with Gasteiger partial charge in [-0.2, -0.15) is 0 Å². The van der Waals surface area contributed by atoms with Gasteiger partial charge >= 0.3 is 0 Å². The number of carbonyl (C=O) groups is 1. The van der Waals surface area contributed by atoms with Crippen molar-refractivity contribution in [1.29, 1.82) is 0 Å².